The first-order chi connectivity index (χ1) is 21.7. The summed E-state index contributed by atoms with van der Waals surface area (Å²) >= 11 is 11.8. The third kappa shape index (κ3) is 11.2. The number of hydrogen-bond donors (Lipinski definition) is 0. The summed E-state index contributed by atoms with van der Waals surface area (Å²) in [5.41, 5.74) is 2.67. The van der Waals surface area contributed by atoms with E-state index >= 15 is 0 Å². The molecule has 0 aromatic heterocycles. The van der Waals surface area contributed by atoms with E-state index in [1.54, 1.807) is 23.5 Å². The van der Waals surface area contributed by atoms with Gasteiger partial charge in [-0.3, -0.25) is 9.59 Å². The third-order valence-electron chi connectivity index (χ3n) is 7.44. The topological polar surface area (TPSA) is 46.5 Å². The lowest BCUT2D eigenvalue weighted by Gasteiger charge is -2.16. The second-order valence-corrected chi connectivity index (χ2v) is 15.2. The highest BCUT2D eigenvalue weighted by molar-refractivity contribution is 9.10. The van der Waals surface area contributed by atoms with Gasteiger partial charge in [-0.05, 0) is 104 Å². The Morgan fingerprint density at radius 1 is 0.711 bits per heavy atom. The maximum atomic E-state index is 13.1. The van der Waals surface area contributed by atoms with Crippen molar-refractivity contribution < 1.29 is 9.59 Å². The number of hydrogen-bond acceptors (Lipinski definition) is 6. The first kappa shape index (κ1) is 35.1. The summed E-state index contributed by atoms with van der Waals surface area (Å²) in [5.74, 6) is 0.863. The molecule has 0 aliphatic rings. The van der Waals surface area contributed by atoms with Gasteiger partial charge < -0.3 is 0 Å². The van der Waals surface area contributed by atoms with Crippen LogP contribution in [0, 0.1) is 11.8 Å². The van der Waals surface area contributed by atoms with Crippen LogP contribution >= 0.6 is 51.7 Å². The zero-order valence-electron chi connectivity index (χ0n) is 25.8. The standard InChI is InChI=1S/C38H38BrNO2S3/c1-26(2)23-36(40-25-43)38(42)30-15-21-34(22-16-30)45-32-17-11-28(12-18-32)10-9-27(3)24-35(39)37(41)29-13-19-33(20-14-29)44-31-7-5-4-6-8-31/h4-8,11-22,26-27,35-36H,9-10,23-24H2,1-3H3. The number of Topliss-reactive ketones (excluding diaryl/α,β-unsaturated/α-hetero) is 2. The van der Waals surface area contributed by atoms with Crippen molar-refractivity contribution >= 4 is 68.4 Å². The van der Waals surface area contributed by atoms with E-state index in [4.69, 9.17) is 12.2 Å². The van der Waals surface area contributed by atoms with E-state index in [1.165, 1.54) is 10.5 Å². The van der Waals surface area contributed by atoms with Crippen molar-refractivity contribution in [2.45, 2.75) is 76.9 Å². The Hall–Kier alpha value is -2.80. The van der Waals surface area contributed by atoms with E-state index in [2.05, 4.69) is 83.3 Å². The average Bonchev–Trinajstić information content (AvgIpc) is 3.04. The summed E-state index contributed by atoms with van der Waals surface area (Å²) in [6.45, 7) is 6.35. The van der Waals surface area contributed by atoms with Gasteiger partial charge in [0.1, 0.15) is 6.04 Å². The van der Waals surface area contributed by atoms with Crippen molar-refractivity contribution in [2.75, 3.05) is 0 Å². The Balaban J connectivity index is 1.23. The smallest absolute Gasteiger partial charge is 0.188 e. The lowest BCUT2D eigenvalue weighted by atomic mass is 9.94. The second-order valence-electron chi connectivity index (χ2n) is 11.7. The Bertz CT molecular complexity index is 1580. The number of carbonyl (C=O) groups excluding carboxylic acids is 2. The van der Waals surface area contributed by atoms with Crippen molar-refractivity contribution in [1.82, 2.24) is 0 Å². The van der Waals surface area contributed by atoms with Crippen LogP contribution in [0.15, 0.2) is 128 Å². The zero-order chi connectivity index (χ0) is 32.2. The van der Waals surface area contributed by atoms with Crippen LogP contribution in [-0.2, 0) is 6.42 Å². The summed E-state index contributed by atoms with van der Waals surface area (Å²) in [6.07, 6.45) is 3.42. The molecule has 0 amide bonds. The van der Waals surface area contributed by atoms with Gasteiger partial charge in [-0.1, -0.05) is 115 Å². The summed E-state index contributed by atoms with van der Waals surface area (Å²) in [4.78, 5) is 34.4. The minimum absolute atomic E-state index is 0.0147. The molecule has 3 nitrogen and oxygen atoms in total. The Morgan fingerprint density at radius 3 is 1.71 bits per heavy atom. The van der Waals surface area contributed by atoms with Gasteiger partial charge >= 0.3 is 0 Å². The molecular formula is C38H38BrNO2S3. The van der Waals surface area contributed by atoms with Gasteiger partial charge in [-0.25, -0.2) is 4.99 Å². The number of alkyl halides is 1. The molecule has 0 bridgehead atoms. The monoisotopic (exact) mass is 715 g/mol. The number of aryl methyl sites for hydroxylation is 1. The van der Waals surface area contributed by atoms with Gasteiger partial charge in [0.05, 0.1) is 9.99 Å². The summed E-state index contributed by atoms with van der Waals surface area (Å²) in [6, 6.07) is 34.0. The molecule has 0 aliphatic carbocycles. The molecule has 4 aromatic rings. The number of thiocarbonyl (C=S) groups is 1. The Kier molecular flexibility index (Phi) is 13.9. The molecule has 4 aromatic carbocycles. The summed E-state index contributed by atoms with van der Waals surface area (Å²) < 4.78 is 0. The van der Waals surface area contributed by atoms with Gasteiger partial charge in [0.2, 0.25) is 0 Å². The molecule has 0 fully saturated rings. The van der Waals surface area contributed by atoms with Crippen LogP contribution < -0.4 is 0 Å². The van der Waals surface area contributed by atoms with Crippen LogP contribution in [0.25, 0.3) is 0 Å². The van der Waals surface area contributed by atoms with Gasteiger partial charge in [0, 0.05) is 30.7 Å². The normalized spacial score (nSPS) is 13.1. The highest BCUT2D eigenvalue weighted by Gasteiger charge is 2.21. The molecule has 0 heterocycles. The van der Waals surface area contributed by atoms with Crippen molar-refractivity contribution in [3.05, 3.63) is 120 Å². The Labute approximate surface area is 289 Å². The number of benzene rings is 4. The third-order valence-corrected chi connectivity index (χ3v) is 10.4. The van der Waals surface area contributed by atoms with Crippen LogP contribution in [0.4, 0.5) is 0 Å². The maximum Gasteiger partial charge on any atom is 0.188 e. The molecule has 0 spiro atoms. The maximum absolute atomic E-state index is 13.1. The molecule has 232 valence electrons. The number of carbonyl (C=O) groups is 2. The fourth-order valence-electron chi connectivity index (χ4n) is 4.95. The largest absolute Gasteiger partial charge is 0.293 e. The molecule has 0 N–H and O–H groups in total. The molecule has 4 rings (SSSR count). The van der Waals surface area contributed by atoms with Gasteiger partial charge in [-0.2, -0.15) is 0 Å². The predicted molar refractivity (Wildman–Crippen MR) is 196 cm³/mol. The van der Waals surface area contributed by atoms with Crippen molar-refractivity contribution in [3.63, 3.8) is 0 Å². The summed E-state index contributed by atoms with van der Waals surface area (Å²) in [5, 5.41) is 2.38. The molecule has 0 saturated carbocycles. The number of ketones is 2. The molecular weight excluding hydrogens is 679 g/mol. The van der Waals surface area contributed by atoms with Gasteiger partial charge in [0.15, 0.2) is 11.6 Å². The van der Waals surface area contributed by atoms with E-state index in [-0.39, 0.29) is 16.4 Å². The van der Waals surface area contributed by atoms with Crippen LogP contribution in [0.1, 0.15) is 66.3 Å². The zero-order valence-corrected chi connectivity index (χ0v) is 29.9. The first-order valence-electron chi connectivity index (χ1n) is 15.2. The molecule has 0 radical (unpaired) electrons. The summed E-state index contributed by atoms with van der Waals surface area (Å²) in [7, 11) is 0. The molecule has 3 unspecified atom stereocenters. The van der Waals surface area contributed by atoms with Crippen molar-refractivity contribution in [3.8, 4) is 0 Å². The van der Waals surface area contributed by atoms with Gasteiger partial charge in [-0.15, -0.1) is 0 Å². The van der Waals surface area contributed by atoms with Crippen LogP contribution in [0.2, 0.25) is 0 Å². The minimum atomic E-state index is -0.473. The number of halogens is 1. The van der Waals surface area contributed by atoms with E-state index in [0.717, 1.165) is 39.5 Å². The highest BCUT2D eigenvalue weighted by Crippen LogP contribution is 2.30. The lowest BCUT2D eigenvalue weighted by Crippen LogP contribution is -2.20. The van der Waals surface area contributed by atoms with Crippen molar-refractivity contribution in [1.29, 1.82) is 0 Å². The first-order valence-corrected chi connectivity index (χ1v) is 18.2. The van der Waals surface area contributed by atoms with Crippen LogP contribution in [-0.4, -0.2) is 27.6 Å². The fraction of sp³-hybridized carbons (Fsp3) is 0.289. The van der Waals surface area contributed by atoms with Crippen LogP contribution in [0.5, 0.6) is 0 Å². The molecule has 0 saturated heterocycles. The Morgan fingerprint density at radius 2 is 1.20 bits per heavy atom. The molecule has 3 atom stereocenters. The number of rotatable bonds is 16. The number of aliphatic imine (C=N–C) groups is 1. The average molecular weight is 717 g/mol. The quantitative estimate of drug-likeness (QED) is 0.0500. The number of isothiocyanates is 1. The minimum Gasteiger partial charge on any atom is -0.293 e. The van der Waals surface area contributed by atoms with Crippen molar-refractivity contribution in [2.24, 2.45) is 16.8 Å². The molecule has 45 heavy (non-hydrogen) atoms. The van der Waals surface area contributed by atoms with E-state index < -0.39 is 6.04 Å². The van der Waals surface area contributed by atoms with E-state index in [0.29, 0.717) is 23.8 Å². The SMILES string of the molecule is CC(C)CC(N=C=S)C(=O)c1ccc(Sc2ccc(CCC(C)CC(Br)C(=O)c3ccc(Sc4ccccc4)cc3)cc2)cc1. The van der Waals surface area contributed by atoms with E-state index in [1.807, 2.05) is 66.7 Å². The van der Waals surface area contributed by atoms with E-state index in [9.17, 15) is 9.59 Å². The fourth-order valence-corrected chi connectivity index (χ4v) is 7.64. The molecule has 0 aliphatic heterocycles. The second kappa shape index (κ2) is 17.8. The van der Waals surface area contributed by atoms with Gasteiger partial charge in [0.25, 0.3) is 0 Å². The highest BCUT2D eigenvalue weighted by atomic mass is 79.9. The lowest BCUT2D eigenvalue weighted by molar-refractivity contribution is 0.0951. The van der Waals surface area contributed by atoms with Crippen LogP contribution in [0.3, 0.4) is 0 Å². The predicted octanol–water partition coefficient (Wildman–Crippen LogP) is 11.3. The number of nitrogens with zero attached hydrogens (tertiary/aromatic N) is 1. The molecule has 7 heteroatoms.